The molecular weight excluding hydrogens is 350 g/mol. The van der Waals surface area contributed by atoms with Crippen molar-refractivity contribution in [1.82, 2.24) is 10.2 Å². The maximum absolute atomic E-state index is 12.5. The van der Waals surface area contributed by atoms with Crippen molar-refractivity contribution in [3.05, 3.63) is 50.2 Å². The quantitative estimate of drug-likeness (QED) is 0.502. The number of amides is 2. The highest BCUT2D eigenvalue weighted by Gasteiger charge is 2.42. The summed E-state index contributed by atoms with van der Waals surface area (Å²) in [6.45, 7) is 1.68. The van der Waals surface area contributed by atoms with Gasteiger partial charge in [0.05, 0.1) is 23.6 Å². The molecule has 1 aliphatic carbocycles. The van der Waals surface area contributed by atoms with Crippen LogP contribution in [0.5, 0.6) is 0 Å². The van der Waals surface area contributed by atoms with E-state index in [1.54, 1.807) is 17.9 Å². The molecule has 8 nitrogen and oxygen atoms in total. The van der Waals surface area contributed by atoms with Gasteiger partial charge in [-0.2, -0.15) is 0 Å². The number of carbonyl (C=O) groups excluding carboxylic acids is 2. The third kappa shape index (κ3) is 3.05. The van der Waals surface area contributed by atoms with E-state index in [1.807, 2.05) is 0 Å². The molecule has 1 saturated carbocycles. The van der Waals surface area contributed by atoms with Gasteiger partial charge in [0.1, 0.15) is 5.02 Å². The number of carbonyl (C=O) groups is 2. The number of allylic oxidation sites excluding steroid dienone is 1. The van der Waals surface area contributed by atoms with Crippen LogP contribution in [0.25, 0.3) is 0 Å². The lowest BCUT2D eigenvalue weighted by Crippen LogP contribution is -2.48. The number of urea groups is 1. The largest absolute Gasteiger partial charge is 0.466 e. The summed E-state index contributed by atoms with van der Waals surface area (Å²) >= 11 is 5.85. The van der Waals surface area contributed by atoms with E-state index in [2.05, 4.69) is 5.32 Å². The number of nitro groups is 1. The van der Waals surface area contributed by atoms with Gasteiger partial charge in [-0.1, -0.05) is 17.7 Å². The topological polar surface area (TPSA) is 102 Å². The Bertz CT molecular complexity index is 803. The molecule has 9 heteroatoms. The van der Waals surface area contributed by atoms with Crippen LogP contribution >= 0.6 is 11.6 Å². The van der Waals surface area contributed by atoms with E-state index >= 15 is 0 Å². The molecule has 1 atom stereocenters. The molecule has 0 saturated heterocycles. The zero-order valence-electron chi connectivity index (χ0n) is 13.6. The Hall–Kier alpha value is -2.61. The number of methoxy groups -OCH3 is 1. The minimum absolute atomic E-state index is 0.0178. The first-order valence-corrected chi connectivity index (χ1v) is 8.05. The number of nitrogens with one attached hydrogen (secondary N) is 1. The third-order valence-electron chi connectivity index (χ3n) is 4.34. The predicted molar refractivity (Wildman–Crippen MR) is 89.0 cm³/mol. The highest BCUT2D eigenvalue weighted by molar-refractivity contribution is 6.32. The molecule has 1 N–H and O–H groups in total. The first kappa shape index (κ1) is 17.2. The molecule has 0 aromatic heterocycles. The van der Waals surface area contributed by atoms with Gasteiger partial charge in [0.15, 0.2) is 0 Å². The fraction of sp³-hybridized carbons (Fsp3) is 0.375. The number of ether oxygens (including phenoxy) is 1. The Morgan fingerprint density at radius 1 is 1.44 bits per heavy atom. The summed E-state index contributed by atoms with van der Waals surface area (Å²) in [5.74, 6) is -0.592. The average Bonchev–Trinajstić information content (AvgIpc) is 3.38. The van der Waals surface area contributed by atoms with Crippen LogP contribution in [-0.4, -0.2) is 35.0 Å². The van der Waals surface area contributed by atoms with Gasteiger partial charge in [0.2, 0.25) is 0 Å². The van der Waals surface area contributed by atoms with Crippen molar-refractivity contribution in [3.8, 4) is 0 Å². The molecule has 1 aromatic carbocycles. The van der Waals surface area contributed by atoms with Crippen LogP contribution in [0.4, 0.5) is 10.5 Å². The van der Waals surface area contributed by atoms with Crippen LogP contribution in [0.1, 0.15) is 31.4 Å². The summed E-state index contributed by atoms with van der Waals surface area (Å²) in [6, 6.07) is 3.07. The highest BCUT2D eigenvalue weighted by Crippen LogP contribution is 2.39. The van der Waals surface area contributed by atoms with Crippen molar-refractivity contribution in [2.45, 2.75) is 31.8 Å². The lowest BCUT2D eigenvalue weighted by Gasteiger charge is -2.35. The minimum Gasteiger partial charge on any atom is -0.466 e. The summed E-state index contributed by atoms with van der Waals surface area (Å²) in [5, 5.41) is 13.9. The van der Waals surface area contributed by atoms with Crippen molar-refractivity contribution in [2.24, 2.45) is 0 Å². The Kier molecular flexibility index (Phi) is 4.38. The van der Waals surface area contributed by atoms with E-state index in [4.69, 9.17) is 16.3 Å². The Labute approximate surface area is 148 Å². The van der Waals surface area contributed by atoms with Crippen LogP contribution in [0, 0.1) is 10.1 Å². The first-order valence-electron chi connectivity index (χ1n) is 7.67. The lowest BCUT2D eigenvalue weighted by molar-refractivity contribution is -0.384. The van der Waals surface area contributed by atoms with E-state index in [0.29, 0.717) is 11.3 Å². The van der Waals surface area contributed by atoms with Crippen LogP contribution in [0.15, 0.2) is 29.5 Å². The van der Waals surface area contributed by atoms with Crippen molar-refractivity contribution < 1.29 is 19.2 Å². The monoisotopic (exact) mass is 365 g/mol. The summed E-state index contributed by atoms with van der Waals surface area (Å²) < 4.78 is 4.86. The Morgan fingerprint density at radius 2 is 2.12 bits per heavy atom. The van der Waals surface area contributed by atoms with Crippen LogP contribution in [0.3, 0.4) is 0 Å². The standard InChI is InChI=1S/C16H16ClN3O5/c1-8-13(15(21)25-2)14(18-16(22)19(8)10-4-5-10)9-3-6-11(17)12(7-9)20(23)24/h3,6-7,10,14H,4-5H2,1-2H3,(H,18,22). The minimum atomic E-state index is -0.842. The van der Waals surface area contributed by atoms with Crippen molar-refractivity contribution in [3.63, 3.8) is 0 Å². The second-order valence-corrected chi connectivity index (χ2v) is 6.35. The van der Waals surface area contributed by atoms with Crippen LogP contribution < -0.4 is 5.32 Å². The fourth-order valence-corrected chi connectivity index (χ4v) is 3.19. The molecule has 0 spiro atoms. The molecule has 0 radical (unpaired) electrons. The summed E-state index contributed by atoms with van der Waals surface area (Å²) in [6.07, 6.45) is 1.74. The first-order chi connectivity index (χ1) is 11.8. The molecular formula is C16H16ClN3O5. The van der Waals surface area contributed by atoms with Gasteiger partial charge in [-0.15, -0.1) is 0 Å². The SMILES string of the molecule is COC(=O)C1=C(C)N(C2CC2)C(=O)NC1c1ccc(Cl)c([N+](=O)[O-])c1. The summed E-state index contributed by atoms with van der Waals surface area (Å²) in [7, 11) is 1.25. The van der Waals surface area contributed by atoms with Gasteiger partial charge in [0, 0.05) is 17.8 Å². The zero-order valence-corrected chi connectivity index (χ0v) is 14.4. The third-order valence-corrected chi connectivity index (χ3v) is 4.66. The van der Waals surface area contributed by atoms with E-state index in [1.165, 1.54) is 19.2 Å². The molecule has 132 valence electrons. The van der Waals surface area contributed by atoms with Gasteiger partial charge in [0.25, 0.3) is 5.69 Å². The highest BCUT2D eigenvalue weighted by atomic mass is 35.5. The van der Waals surface area contributed by atoms with E-state index in [0.717, 1.165) is 12.8 Å². The average molecular weight is 366 g/mol. The molecule has 2 aliphatic rings. The van der Waals surface area contributed by atoms with E-state index in [9.17, 15) is 19.7 Å². The maximum atomic E-state index is 12.5. The molecule has 2 amide bonds. The second-order valence-electron chi connectivity index (χ2n) is 5.94. The second kappa shape index (κ2) is 6.36. The van der Waals surface area contributed by atoms with Crippen molar-refractivity contribution >= 4 is 29.3 Å². The molecule has 1 aromatic rings. The number of nitro benzene ring substituents is 1. The van der Waals surface area contributed by atoms with Gasteiger partial charge in [-0.05, 0) is 31.4 Å². The molecule has 25 heavy (non-hydrogen) atoms. The molecule has 0 bridgehead atoms. The molecule has 1 fully saturated rings. The maximum Gasteiger partial charge on any atom is 0.337 e. The Balaban J connectivity index is 2.11. The number of rotatable bonds is 4. The predicted octanol–water partition coefficient (Wildman–Crippen LogP) is 2.92. The molecule has 1 aliphatic heterocycles. The molecule has 3 rings (SSSR count). The number of halogens is 1. The fourth-order valence-electron chi connectivity index (χ4n) is 3.00. The van der Waals surface area contributed by atoms with Gasteiger partial charge < -0.3 is 10.1 Å². The molecule has 1 heterocycles. The summed E-state index contributed by atoms with van der Waals surface area (Å²) in [5.41, 5.74) is 0.853. The zero-order chi connectivity index (χ0) is 18.3. The smallest absolute Gasteiger partial charge is 0.337 e. The van der Waals surface area contributed by atoms with Gasteiger partial charge in [-0.3, -0.25) is 15.0 Å². The number of hydrogen-bond acceptors (Lipinski definition) is 5. The number of hydrogen-bond donors (Lipinski definition) is 1. The number of nitrogens with zero attached hydrogens (tertiary/aromatic N) is 2. The van der Waals surface area contributed by atoms with Gasteiger partial charge in [-0.25, -0.2) is 9.59 Å². The van der Waals surface area contributed by atoms with E-state index in [-0.39, 0.29) is 28.4 Å². The summed E-state index contributed by atoms with van der Waals surface area (Å²) in [4.78, 5) is 36.9. The van der Waals surface area contributed by atoms with Crippen molar-refractivity contribution in [2.75, 3.05) is 7.11 Å². The van der Waals surface area contributed by atoms with Crippen LogP contribution in [0.2, 0.25) is 5.02 Å². The molecule has 1 unspecified atom stereocenters. The Morgan fingerprint density at radius 3 is 2.68 bits per heavy atom. The lowest BCUT2D eigenvalue weighted by atomic mass is 9.94. The van der Waals surface area contributed by atoms with Crippen LogP contribution in [-0.2, 0) is 9.53 Å². The van der Waals surface area contributed by atoms with Gasteiger partial charge >= 0.3 is 12.0 Å². The normalized spacial score (nSPS) is 20.4. The number of benzene rings is 1. The number of esters is 1. The van der Waals surface area contributed by atoms with Crippen molar-refractivity contribution in [1.29, 1.82) is 0 Å². The van der Waals surface area contributed by atoms with E-state index < -0.39 is 16.9 Å².